The van der Waals surface area contributed by atoms with Gasteiger partial charge < -0.3 is 10.2 Å². The molecule has 3 rings (SSSR count). The Morgan fingerprint density at radius 2 is 1.96 bits per heavy atom. The Kier molecular flexibility index (Phi) is 6.13. The van der Waals surface area contributed by atoms with Gasteiger partial charge in [-0.25, -0.2) is 0 Å². The first kappa shape index (κ1) is 18.4. The van der Waals surface area contributed by atoms with Gasteiger partial charge in [-0.3, -0.25) is 0 Å². The Bertz CT molecular complexity index is 703. The normalized spacial score (nSPS) is 16.4. The van der Waals surface area contributed by atoms with E-state index < -0.39 is 0 Å². The molecule has 1 aromatic heterocycles. The van der Waals surface area contributed by atoms with Crippen LogP contribution in [0, 0.1) is 13.8 Å². The van der Waals surface area contributed by atoms with E-state index in [1.807, 2.05) is 11.3 Å². The summed E-state index contributed by atoms with van der Waals surface area (Å²) in [5.74, 6) is 0. The fourth-order valence-corrected chi connectivity index (χ4v) is 4.93. The van der Waals surface area contributed by atoms with Gasteiger partial charge in [-0.15, -0.1) is 11.3 Å². The summed E-state index contributed by atoms with van der Waals surface area (Å²) in [6.45, 7) is 6.55. The fourth-order valence-electron chi connectivity index (χ4n) is 3.73. The molecule has 1 fully saturated rings. The summed E-state index contributed by atoms with van der Waals surface area (Å²) < 4.78 is 0. The van der Waals surface area contributed by atoms with Crippen LogP contribution in [0.5, 0.6) is 0 Å². The van der Waals surface area contributed by atoms with Crippen LogP contribution in [-0.4, -0.2) is 16.1 Å². The Morgan fingerprint density at radius 1 is 1.20 bits per heavy atom. The number of aryl methyl sites for hydroxylation is 2. The van der Waals surface area contributed by atoms with Gasteiger partial charge in [0.2, 0.25) is 0 Å². The van der Waals surface area contributed by atoms with Crippen LogP contribution >= 0.6 is 23.6 Å². The third-order valence-corrected chi connectivity index (χ3v) is 6.56. The van der Waals surface area contributed by atoms with Crippen LogP contribution in [0.25, 0.3) is 0 Å². The van der Waals surface area contributed by atoms with Crippen LogP contribution in [0.3, 0.4) is 0 Å². The number of nitrogens with zero attached hydrogens (tertiary/aromatic N) is 1. The van der Waals surface area contributed by atoms with Crippen LogP contribution in [0.15, 0.2) is 35.7 Å². The maximum Gasteiger partial charge on any atom is 0.174 e. The average Bonchev–Trinajstić information content (AvgIpc) is 3.14. The number of anilines is 1. The highest BCUT2D eigenvalue weighted by Crippen LogP contribution is 2.33. The first-order valence-corrected chi connectivity index (χ1v) is 10.5. The lowest BCUT2D eigenvalue weighted by Gasteiger charge is -2.40. The van der Waals surface area contributed by atoms with E-state index in [1.54, 1.807) is 0 Å². The first-order chi connectivity index (χ1) is 12.1. The maximum atomic E-state index is 5.91. The summed E-state index contributed by atoms with van der Waals surface area (Å²) in [6.07, 6.45) is 6.46. The van der Waals surface area contributed by atoms with Gasteiger partial charge in [0.15, 0.2) is 5.11 Å². The van der Waals surface area contributed by atoms with E-state index in [1.165, 1.54) is 48.1 Å². The minimum absolute atomic E-state index is 0.313. The van der Waals surface area contributed by atoms with E-state index in [0.29, 0.717) is 12.1 Å². The molecule has 1 aliphatic rings. The van der Waals surface area contributed by atoms with Crippen molar-refractivity contribution in [3.63, 3.8) is 0 Å². The van der Waals surface area contributed by atoms with Crippen molar-refractivity contribution in [3.05, 3.63) is 51.7 Å². The molecule has 0 saturated heterocycles. The number of hydrogen-bond donors (Lipinski definition) is 1. The zero-order valence-electron chi connectivity index (χ0n) is 15.4. The van der Waals surface area contributed by atoms with E-state index in [-0.39, 0.29) is 0 Å². The average molecular weight is 373 g/mol. The highest BCUT2D eigenvalue weighted by molar-refractivity contribution is 7.80. The van der Waals surface area contributed by atoms with Gasteiger partial charge in [0, 0.05) is 16.6 Å². The quantitative estimate of drug-likeness (QED) is 0.620. The predicted molar refractivity (Wildman–Crippen MR) is 114 cm³/mol. The Morgan fingerprint density at radius 3 is 2.64 bits per heavy atom. The highest BCUT2D eigenvalue weighted by Gasteiger charge is 2.29. The summed E-state index contributed by atoms with van der Waals surface area (Å²) in [7, 11) is 0. The largest absolute Gasteiger partial charge is 0.338 e. The third kappa shape index (κ3) is 4.42. The topological polar surface area (TPSA) is 15.3 Å². The van der Waals surface area contributed by atoms with Crippen molar-refractivity contribution in [2.75, 3.05) is 5.32 Å². The number of benzene rings is 1. The molecule has 1 aliphatic carbocycles. The van der Waals surface area contributed by atoms with Gasteiger partial charge in [0.25, 0.3) is 0 Å². The van der Waals surface area contributed by atoms with Crippen LogP contribution in [0.4, 0.5) is 5.69 Å². The molecule has 134 valence electrons. The second kappa shape index (κ2) is 8.33. The maximum absolute atomic E-state index is 5.91. The lowest BCUT2D eigenvalue weighted by molar-refractivity contribution is 0.205. The van der Waals surface area contributed by atoms with Crippen molar-refractivity contribution in [2.45, 2.75) is 65.0 Å². The summed E-state index contributed by atoms with van der Waals surface area (Å²) in [5, 5.41) is 6.57. The minimum Gasteiger partial charge on any atom is -0.338 e. The lowest BCUT2D eigenvalue weighted by atomic mass is 9.93. The minimum atomic E-state index is 0.313. The number of thiocarbonyl (C=S) groups is 1. The predicted octanol–water partition coefficient (Wildman–Crippen LogP) is 6.46. The molecule has 1 N–H and O–H groups in total. The molecule has 0 aliphatic heterocycles. The SMILES string of the molecule is Cc1ccc(C)c(NC(=S)N(C2CCCCC2)[C@@H](C)c2cccs2)c1. The summed E-state index contributed by atoms with van der Waals surface area (Å²) in [4.78, 5) is 3.85. The van der Waals surface area contributed by atoms with Crippen LogP contribution < -0.4 is 5.32 Å². The standard InChI is InChI=1S/C21H28N2S2/c1-15-11-12-16(2)19(14-15)22-21(24)23(18-8-5-4-6-9-18)17(3)20-10-7-13-25-20/h7,10-14,17-18H,4-6,8-9H2,1-3H3,(H,22,24)/t17-/m0/s1. The van der Waals surface area contributed by atoms with Crippen molar-refractivity contribution in [2.24, 2.45) is 0 Å². The van der Waals surface area contributed by atoms with Crippen molar-refractivity contribution in [1.29, 1.82) is 0 Å². The number of hydrogen-bond acceptors (Lipinski definition) is 2. The van der Waals surface area contributed by atoms with E-state index in [4.69, 9.17) is 12.2 Å². The summed E-state index contributed by atoms with van der Waals surface area (Å²) in [5.41, 5.74) is 3.62. The number of thiophene rings is 1. The zero-order valence-corrected chi connectivity index (χ0v) is 17.1. The third-order valence-electron chi connectivity index (χ3n) is 5.21. The van der Waals surface area contributed by atoms with Gasteiger partial charge in [-0.2, -0.15) is 0 Å². The fraction of sp³-hybridized carbons (Fsp3) is 0.476. The molecule has 1 atom stereocenters. The Balaban J connectivity index is 1.84. The number of nitrogens with one attached hydrogen (secondary N) is 1. The molecular formula is C21H28N2S2. The van der Waals surface area contributed by atoms with Crippen molar-refractivity contribution in [1.82, 2.24) is 4.90 Å². The lowest BCUT2D eigenvalue weighted by Crippen LogP contribution is -2.45. The second-order valence-electron chi connectivity index (χ2n) is 7.14. The van der Waals surface area contributed by atoms with Gasteiger partial charge in [0.1, 0.15) is 0 Å². The van der Waals surface area contributed by atoms with E-state index in [2.05, 4.69) is 66.7 Å². The molecule has 1 saturated carbocycles. The first-order valence-electron chi connectivity index (χ1n) is 9.26. The molecule has 1 heterocycles. The van der Waals surface area contributed by atoms with Crippen LogP contribution in [0.1, 0.15) is 61.1 Å². The molecule has 0 amide bonds. The van der Waals surface area contributed by atoms with Crippen molar-refractivity contribution < 1.29 is 0 Å². The molecular weight excluding hydrogens is 344 g/mol. The van der Waals surface area contributed by atoms with Gasteiger partial charge >= 0.3 is 0 Å². The molecule has 2 aromatic rings. The van der Waals surface area contributed by atoms with E-state index >= 15 is 0 Å². The smallest absolute Gasteiger partial charge is 0.174 e. The van der Waals surface area contributed by atoms with Gasteiger partial charge in [-0.05, 0) is 74.5 Å². The molecule has 0 spiro atoms. The summed E-state index contributed by atoms with van der Waals surface area (Å²) >= 11 is 7.73. The van der Waals surface area contributed by atoms with Gasteiger partial charge in [0.05, 0.1) is 6.04 Å². The van der Waals surface area contributed by atoms with Crippen molar-refractivity contribution in [3.8, 4) is 0 Å². The monoisotopic (exact) mass is 372 g/mol. The zero-order chi connectivity index (χ0) is 17.8. The Labute approximate surface area is 161 Å². The highest BCUT2D eigenvalue weighted by atomic mass is 32.1. The molecule has 0 radical (unpaired) electrons. The van der Waals surface area contributed by atoms with Crippen LogP contribution in [-0.2, 0) is 0 Å². The Hall–Kier alpha value is -1.39. The second-order valence-corrected chi connectivity index (χ2v) is 8.50. The number of rotatable bonds is 4. The van der Waals surface area contributed by atoms with Gasteiger partial charge in [-0.1, -0.05) is 37.5 Å². The molecule has 4 heteroatoms. The molecule has 0 bridgehead atoms. The van der Waals surface area contributed by atoms with Crippen molar-refractivity contribution >= 4 is 34.4 Å². The van der Waals surface area contributed by atoms with E-state index in [0.717, 1.165) is 10.8 Å². The molecule has 25 heavy (non-hydrogen) atoms. The molecule has 2 nitrogen and oxygen atoms in total. The van der Waals surface area contributed by atoms with Crippen LogP contribution in [0.2, 0.25) is 0 Å². The molecule has 1 aromatic carbocycles. The molecule has 0 unspecified atom stereocenters. The summed E-state index contributed by atoms with van der Waals surface area (Å²) in [6, 6.07) is 11.7. The van der Waals surface area contributed by atoms with E-state index in [9.17, 15) is 0 Å².